The van der Waals surface area contributed by atoms with Crippen LogP contribution < -0.4 is 0 Å². The van der Waals surface area contributed by atoms with Crippen LogP contribution in [0.15, 0.2) is 54.6 Å². The van der Waals surface area contributed by atoms with Gasteiger partial charge in [0.2, 0.25) is 5.91 Å². The topological polar surface area (TPSA) is 81.4 Å². The van der Waals surface area contributed by atoms with Crippen molar-refractivity contribution in [1.29, 1.82) is 5.26 Å². The Labute approximate surface area is 152 Å². The van der Waals surface area contributed by atoms with Gasteiger partial charge in [0.25, 0.3) is 0 Å². The fourth-order valence-electron chi connectivity index (χ4n) is 3.57. The highest BCUT2D eigenvalue weighted by Crippen LogP contribution is 2.37. The molecule has 0 radical (unpaired) electrons. The molecule has 0 saturated carbocycles. The maximum atomic E-state index is 12.6. The molecule has 0 spiro atoms. The van der Waals surface area contributed by atoms with E-state index >= 15 is 0 Å². The molecular weight excluding hydrogens is 328 g/mol. The molecule has 0 bridgehead atoms. The second kappa shape index (κ2) is 7.83. The first-order valence-electron chi connectivity index (χ1n) is 8.66. The van der Waals surface area contributed by atoms with Gasteiger partial charge in [0.1, 0.15) is 0 Å². The molecular formula is C21H20N2O3. The van der Waals surface area contributed by atoms with Crippen LogP contribution in [0.2, 0.25) is 0 Å². The van der Waals surface area contributed by atoms with Crippen molar-refractivity contribution in [2.75, 3.05) is 6.54 Å². The molecule has 2 atom stereocenters. The van der Waals surface area contributed by atoms with Crippen LogP contribution in [0.4, 0.5) is 0 Å². The van der Waals surface area contributed by atoms with Crippen LogP contribution in [0.25, 0.3) is 0 Å². The lowest BCUT2D eigenvalue weighted by Gasteiger charge is -2.40. The molecule has 1 saturated heterocycles. The molecule has 1 aliphatic rings. The zero-order valence-electron chi connectivity index (χ0n) is 14.3. The normalized spacial score (nSPS) is 19.8. The number of nitriles is 1. The highest BCUT2D eigenvalue weighted by molar-refractivity contribution is 5.81. The van der Waals surface area contributed by atoms with Crippen LogP contribution in [0.3, 0.4) is 0 Å². The number of likely N-dealkylation sites (tertiary alicyclic amines) is 1. The fraction of sp³-hybridized carbons (Fsp3) is 0.286. The smallest absolute Gasteiger partial charge is 0.308 e. The number of hydrogen-bond donors (Lipinski definition) is 1. The van der Waals surface area contributed by atoms with E-state index in [-0.39, 0.29) is 12.3 Å². The number of piperidine rings is 1. The van der Waals surface area contributed by atoms with Crippen molar-refractivity contribution in [2.45, 2.75) is 25.3 Å². The first-order chi connectivity index (χ1) is 12.6. The van der Waals surface area contributed by atoms with Gasteiger partial charge < -0.3 is 10.0 Å². The Morgan fingerprint density at radius 2 is 1.96 bits per heavy atom. The second-order valence-corrected chi connectivity index (χ2v) is 6.49. The summed E-state index contributed by atoms with van der Waals surface area (Å²) in [5, 5.41) is 18.8. The summed E-state index contributed by atoms with van der Waals surface area (Å²) in [7, 11) is 0. The lowest BCUT2D eigenvalue weighted by Crippen LogP contribution is -2.46. The summed E-state index contributed by atoms with van der Waals surface area (Å²) in [6, 6.07) is 18.3. The van der Waals surface area contributed by atoms with Crippen LogP contribution in [-0.4, -0.2) is 28.4 Å². The largest absolute Gasteiger partial charge is 0.481 e. The van der Waals surface area contributed by atoms with E-state index < -0.39 is 17.9 Å². The molecule has 0 aliphatic carbocycles. The number of carbonyl (C=O) groups is 2. The first kappa shape index (κ1) is 17.7. The van der Waals surface area contributed by atoms with E-state index in [1.165, 1.54) is 0 Å². The number of rotatable bonds is 5. The van der Waals surface area contributed by atoms with Gasteiger partial charge in [-0.05, 0) is 36.1 Å². The van der Waals surface area contributed by atoms with E-state index in [0.29, 0.717) is 30.5 Å². The Hall–Kier alpha value is -3.13. The summed E-state index contributed by atoms with van der Waals surface area (Å²) in [4.78, 5) is 26.1. The molecule has 0 aromatic heterocycles. The van der Waals surface area contributed by atoms with Gasteiger partial charge in [-0.1, -0.05) is 42.5 Å². The summed E-state index contributed by atoms with van der Waals surface area (Å²) < 4.78 is 0. The Balaban J connectivity index is 1.92. The average Bonchev–Trinajstić information content (AvgIpc) is 2.67. The van der Waals surface area contributed by atoms with E-state index in [2.05, 4.69) is 6.07 Å². The van der Waals surface area contributed by atoms with Crippen molar-refractivity contribution in [3.05, 3.63) is 71.3 Å². The van der Waals surface area contributed by atoms with Gasteiger partial charge in [0.15, 0.2) is 0 Å². The minimum absolute atomic E-state index is 0.0363. The SMILES string of the molecule is N#Cc1cccc([C@H]2[C@@H](C(=O)O)CCC(=O)N2CCc2ccccc2)c1. The zero-order chi connectivity index (χ0) is 18.5. The molecule has 3 rings (SSSR count). The molecule has 1 amide bonds. The van der Waals surface area contributed by atoms with Gasteiger partial charge >= 0.3 is 5.97 Å². The first-order valence-corrected chi connectivity index (χ1v) is 8.66. The van der Waals surface area contributed by atoms with Crippen LogP contribution in [0.1, 0.15) is 35.6 Å². The van der Waals surface area contributed by atoms with Crippen LogP contribution in [0, 0.1) is 17.2 Å². The summed E-state index contributed by atoms with van der Waals surface area (Å²) >= 11 is 0. The number of carbonyl (C=O) groups excluding carboxylic acids is 1. The fourth-order valence-corrected chi connectivity index (χ4v) is 3.57. The number of nitrogens with zero attached hydrogens (tertiary/aromatic N) is 2. The van der Waals surface area contributed by atoms with Gasteiger partial charge in [-0.25, -0.2) is 0 Å². The Bertz CT molecular complexity index is 842. The summed E-state index contributed by atoms with van der Waals surface area (Å²) in [6.45, 7) is 0.452. The number of carboxylic acid groups (broad SMARTS) is 1. The average molecular weight is 348 g/mol. The third kappa shape index (κ3) is 3.75. The zero-order valence-corrected chi connectivity index (χ0v) is 14.3. The van der Waals surface area contributed by atoms with E-state index in [1.54, 1.807) is 29.2 Å². The second-order valence-electron chi connectivity index (χ2n) is 6.49. The number of benzene rings is 2. The van der Waals surface area contributed by atoms with Crippen molar-refractivity contribution >= 4 is 11.9 Å². The quantitative estimate of drug-likeness (QED) is 0.900. The Morgan fingerprint density at radius 3 is 2.65 bits per heavy atom. The minimum atomic E-state index is -0.908. The van der Waals surface area contributed by atoms with Crippen molar-refractivity contribution in [2.24, 2.45) is 5.92 Å². The molecule has 1 fully saturated rings. The maximum Gasteiger partial charge on any atom is 0.308 e. The van der Waals surface area contributed by atoms with Crippen LogP contribution in [-0.2, 0) is 16.0 Å². The molecule has 1 N–H and O–H groups in total. The van der Waals surface area contributed by atoms with Crippen LogP contribution in [0.5, 0.6) is 0 Å². The van der Waals surface area contributed by atoms with Crippen molar-refractivity contribution < 1.29 is 14.7 Å². The van der Waals surface area contributed by atoms with Crippen molar-refractivity contribution in [3.8, 4) is 6.07 Å². The summed E-state index contributed by atoms with van der Waals surface area (Å²) in [5.74, 6) is -1.61. The van der Waals surface area contributed by atoms with Gasteiger partial charge in [-0.3, -0.25) is 9.59 Å². The van der Waals surface area contributed by atoms with Gasteiger partial charge in [0.05, 0.1) is 23.6 Å². The van der Waals surface area contributed by atoms with E-state index in [0.717, 1.165) is 5.56 Å². The molecule has 5 heteroatoms. The van der Waals surface area contributed by atoms with Crippen LogP contribution >= 0.6 is 0 Å². The predicted octanol–water partition coefficient (Wildman–Crippen LogP) is 3.17. The number of carboxylic acids is 1. The monoisotopic (exact) mass is 348 g/mol. The lowest BCUT2D eigenvalue weighted by molar-refractivity contribution is -0.152. The number of amides is 1. The van der Waals surface area contributed by atoms with Crippen molar-refractivity contribution in [1.82, 2.24) is 4.90 Å². The highest BCUT2D eigenvalue weighted by atomic mass is 16.4. The minimum Gasteiger partial charge on any atom is -0.481 e. The van der Waals surface area contributed by atoms with E-state index in [9.17, 15) is 14.7 Å². The lowest BCUT2D eigenvalue weighted by atomic mass is 9.83. The van der Waals surface area contributed by atoms with Gasteiger partial charge in [0, 0.05) is 13.0 Å². The highest BCUT2D eigenvalue weighted by Gasteiger charge is 2.40. The third-order valence-corrected chi connectivity index (χ3v) is 4.87. The summed E-state index contributed by atoms with van der Waals surface area (Å²) in [6.07, 6.45) is 1.21. The molecule has 132 valence electrons. The third-order valence-electron chi connectivity index (χ3n) is 4.87. The standard InChI is InChI=1S/C21H20N2O3/c22-14-16-7-4-8-17(13-16)20-18(21(25)26)9-10-19(24)23(20)12-11-15-5-2-1-3-6-15/h1-8,13,18,20H,9-12H2,(H,25,26)/t18-,20-/m0/s1. The molecule has 26 heavy (non-hydrogen) atoms. The van der Waals surface area contributed by atoms with Crippen molar-refractivity contribution in [3.63, 3.8) is 0 Å². The predicted molar refractivity (Wildman–Crippen MR) is 96.1 cm³/mol. The molecule has 5 nitrogen and oxygen atoms in total. The number of hydrogen-bond acceptors (Lipinski definition) is 3. The van der Waals surface area contributed by atoms with Gasteiger partial charge in [-0.15, -0.1) is 0 Å². The molecule has 0 unspecified atom stereocenters. The molecule has 1 heterocycles. The Morgan fingerprint density at radius 1 is 1.19 bits per heavy atom. The maximum absolute atomic E-state index is 12.6. The molecule has 2 aromatic rings. The molecule has 2 aromatic carbocycles. The van der Waals surface area contributed by atoms with E-state index in [4.69, 9.17) is 5.26 Å². The van der Waals surface area contributed by atoms with E-state index in [1.807, 2.05) is 30.3 Å². The summed E-state index contributed by atoms with van der Waals surface area (Å²) in [5.41, 5.74) is 2.27. The number of aliphatic carboxylic acids is 1. The van der Waals surface area contributed by atoms with Gasteiger partial charge in [-0.2, -0.15) is 5.26 Å². The molecule has 1 aliphatic heterocycles. The Kier molecular flexibility index (Phi) is 5.33.